The molecule has 10 atom stereocenters. The Kier molecular flexibility index (Phi) is 13.3. The lowest BCUT2D eigenvalue weighted by Crippen LogP contribution is -2.65. The lowest BCUT2D eigenvalue weighted by atomic mass is 9.96. The third-order valence-corrected chi connectivity index (χ3v) is 8.86. The minimum Gasteiger partial charge on any atom is -0.453 e. The Morgan fingerprint density at radius 2 is 0.962 bits per heavy atom. The molecule has 2 fully saturated rings. The molecule has 0 bridgehead atoms. The SMILES string of the molecule is O=C(O[C@@H]1[C@H](O)[C@@H](O[C@H]2[C@H](O)[C@H](OC(=O)c3ccccc3)[C@@H](O)O[C@@H]2COCc2ccccc2)O[C@H](COCc2ccccc2)[C@H]1O)c1ccccc1. The largest absolute Gasteiger partial charge is 0.453 e. The smallest absolute Gasteiger partial charge is 0.338 e. The summed E-state index contributed by atoms with van der Waals surface area (Å²) < 4.78 is 40.9. The number of carbonyl (C=O) groups excluding carboxylic acids is 2. The molecule has 0 aromatic heterocycles. The molecule has 2 heterocycles. The molecule has 53 heavy (non-hydrogen) atoms. The molecular weight excluding hydrogens is 688 g/mol. The highest BCUT2D eigenvalue weighted by Crippen LogP contribution is 2.32. The van der Waals surface area contributed by atoms with Crippen molar-refractivity contribution in [2.24, 2.45) is 0 Å². The molecule has 0 radical (unpaired) electrons. The van der Waals surface area contributed by atoms with Gasteiger partial charge in [-0.2, -0.15) is 0 Å². The molecule has 2 aliphatic heterocycles. The summed E-state index contributed by atoms with van der Waals surface area (Å²) in [6, 6.07) is 34.6. The number of rotatable bonds is 14. The fourth-order valence-electron chi connectivity index (χ4n) is 6.05. The summed E-state index contributed by atoms with van der Waals surface area (Å²) in [6.07, 6.45) is -15.6. The van der Waals surface area contributed by atoms with E-state index in [9.17, 15) is 30.0 Å². The highest BCUT2D eigenvalue weighted by molar-refractivity contribution is 5.90. The average molecular weight is 731 g/mol. The van der Waals surface area contributed by atoms with Crippen molar-refractivity contribution in [1.82, 2.24) is 0 Å². The van der Waals surface area contributed by atoms with Crippen molar-refractivity contribution in [3.63, 3.8) is 0 Å². The number of hydrogen-bond acceptors (Lipinski definition) is 13. The molecule has 2 saturated heterocycles. The third-order valence-electron chi connectivity index (χ3n) is 8.86. The van der Waals surface area contributed by atoms with Gasteiger partial charge in [-0.15, -0.1) is 0 Å². The Morgan fingerprint density at radius 3 is 1.47 bits per heavy atom. The molecule has 0 amide bonds. The number of esters is 2. The van der Waals surface area contributed by atoms with Crippen LogP contribution in [-0.2, 0) is 46.4 Å². The molecule has 4 aromatic carbocycles. The van der Waals surface area contributed by atoms with Crippen LogP contribution < -0.4 is 0 Å². The molecular formula is C40H42O13. The fraction of sp³-hybridized carbons (Fsp3) is 0.350. The van der Waals surface area contributed by atoms with Crippen molar-refractivity contribution in [1.29, 1.82) is 0 Å². The van der Waals surface area contributed by atoms with E-state index in [0.717, 1.165) is 11.1 Å². The van der Waals surface area contributed by atoms with Crippen LogP contribution in [0.2, 0.25) is 0 Å². The van der Waals surface area contributed by atoms with Gasteiger partial charge in [0.15, 0.2) is 24.8 Å². The van der Waals surface area contributed by atoms with E-state index < -0.39 is 73.4 Å². The first-order valence-electron chi connectivity index (χ1n) is 17.2. The van der Waals surface area contributed by atoms with Crippen LogP contribution >= 0.6 is 0 Å². The zero-order valence-electron chi connectivity index (χ0n) is 28.6. The van der Waals surface area contributed by atoms with Gasteiger partial charge in [0.25, 0.3) is 0 Å². The van der Waals surface area contributed by atoms with E-state index >= 15 is 0 Å². The van der Waals surface area contributed by atoms with Crippen LogP contribution in [0.15, 0.2) is 121 Å². The van der Waals surface area contributed by atoms with E-state index in [1.54, 1.807) is 36.4 Å². The Hall–Kier alpha value is -4.54. The summed E-state index contributed by atoms with van der Waals surface area (Å²) in [6.45, 7) is -0.0999. The van der Waals surface area contributed by atoms with Gasteiger partial charge < -0.3 is 53.6 Å². The normalized spacial score (nSPS) is 28.5. The van der Waals surface area contributed by atoms with Crippen molar-refractivity contribution in [2.45, 2.75) is 74.6 Å². The summed E-state index contributed by atoms with van der Waals surface area (Å²) in [5.74, 6) is -1.65. The molecule has 0 spiro atoms. The second kappa shape index (κ2) is 18.5. The monoisotopic (exact) mass is 730 g/mol. The first kappa shape index (κ1) is 38.2. The predicted octanol–water partition coefficient (Wildman–Crippen LogP) is 2.78. The number of carbonyl (C=O) groups is 2. The maximum atomic E-state index is 13.1. The van der Waals surface area contributed by atoms with Gasteiger partial charge in [-0.1, -0.05) is 97.1 Å². The average Bonchev–Trinajstić information content (AvgIpc) is 3.19. The standard InChI is InChI=1S/C40H42O13/c41-31-29(23-47-21-25-13-5-1-6-14-25)50-40(33(43)35(31)51-37(44)27-17-9-3-10-18-27)53-34-30(24-48-22-26-15-7-2-8-16-26)49-39(46)36(32(34)42)52-38(45)28-19-11-4-12-20-28/h1-20,29-36,39-43,46H,21-24H2/t29-,30-,31-,32+,33+,34-,35+,36+,39+,40-/m1/s1. The minimum absolute atomic E-state index is 0.152. The molecule has 0 saturated carbocycles. The topological polar surface area (TPSA) is 180 Å². The highest BCUT2D eigenvalue weighted by Gasteiger charge is 2.53. The molecule has 2 aliphatic rings. The van der Waals surface area contributed by atoms with Crippen molar-refractivity contribution >= 4 is 11.9 Å². The molecule has 13 nitrogen and oxygen atoms in total. The van der Waals surface area contributed by atoms with Crippen LogP contribution in [0.3, 0.4) is 0 Å². The summed E-state index contributed by atoms with van der Waals surface area (Å²) in [7, 11) is 0. The Bertz CT molecular complexity index is 1710. The number of aliphatic hydroxyl groups is 4. The van der Waals surface area contributed by atoms with E-state index in [-0.39, 0.29) is 37.6 Å². The van der Waals surface area contributed by atoms with Gasteiger partial charge in [-0.3, -0.25) is 0 Å². The first-order valence-corrected chi connectivity index (χ1v) is 17.2. The zero-order chi connectivity index (χ0) is 37.2. The molecule has 13 heteroatoms. The summed E-state index contributed by atoms with van der Waals surface area (Å²) in [5, 5.41) is 45.5. The molecule has 280 valence electrons. The van der Waals surface area contributed by atoms with E-state index in [2.05, 4.69) is 0 Å². The van der Waals surface area contributed by atoms with Gasteiger partial charge in [0.05, 0.1) is 37.6 Å². The number of ether oxygens (including phenoxy) is 7. The molecule has 0 unspecified atom stereocenters. The summed E-state index contributed by atoms with van der Waals surface area (Å²) in [4.78, 5) is 26.1. The van der Waals surface area contributed by atoms with Crippen LogP contribution in [0.5, 0.6) is 0 Å². The van der Waals surface area contributed by atoms with E-state index in [0.29, 0.717) is 0 Å². The van der Waals surface area contributed by atoms with Crippen molar-refractivity contribution in [2.75, 3.05) is 13.2 Å². The lowest BCUT2D eigenvalue weighted by molar-refractivity contribution is -0.355. The Labute approximate surface area is 306 Å². The third kappa shape index (κ3) is 9.91. The highest BCUT2D eigenvalue weighted by atomic mass is 16.7. The van der Waals surface area contributed by atoms with E-state index in [1.807, 2.05) is 60.7 Å². The Balaban J connectivity index is 1.23. The lowest BCUT2D eigenvalue weighted by Gasteiger charge is -2.46. The number of aliphatic hydroxyl groups excluding tert-OH is 4. The predicted molar refractivity (Wildman–Crippen MR) is 186 cm³/mol. The molecule has 4 aromatic rings. The van der Waals surface area contributed by atoms with Gasteiger partial charge in [0.1, 0.15) is 36.6 Å². The summed E-state index contributed by atoms with van der Waals surface area (Å²) >= 11 is 0. The van der Waals surface area contributed by atoms with Gasteiger partial charge in [0.2, 0.25) is 0 Å². The van der Waals surface area contributed by atoms with Crippen LogP contribution in [0.25, 0.3) is 0 Å². The van der Waals surface area contributed by atoms with Gasteiger partial charge in [-0.25, -0.2) is 9.59 Å². The van der Waals surface area contributed by atoms with Crippen LogP contribution in [-0.4, -0.2) is 107 Å². The van der Waals surface area contributed by atoms with Crippen LogP contribution in [0, 0.1) is 0 Å². The van der Waals surface area contributed by atoms with Crippen molar-refractivity contribution < 1.29 is 63.2 Å². The zero-order valence-corrected chi connectivity index (χ0v) is 28.6. The second-order valence-corrected chi connectivity index (χ2v) is 12.7. The van der Waals surface area contributed by atoms with Gasteiger partial charge in [0, 0.05) is 0 Å². The molecule has 6 rings (SSSR count). The summed E-state index contributed by atoms with van der Waals surface area (Å²) in [5.41, 5.74) is 2.04. The van der Waals surface area contributed by atoms with Gasteiger partial charge in [-0.05, 0) is 35.4 Å². The second-order valence-electron chi connectivity index (χ2n) is 12.7. The maximum absolute atomic E-state index is 13.1. The van der Waals surface area contributed by atoms with Crippen molar-refractivity contribution in [3.8, 4) is 0 Å². The fourth-order valence-corrected chi connectivity index (χ4v) is 6.05. The van der Waals surface area contributed by atoms with Gasteiger partial charge >= 0.3 is 11.9 Å². The van der Waals surface area contributed by atoms with Crippen LogP contribution in [0.1, 0.15) is 31.8 Å². The maximum Gasteiger partial charge on any atom is 0.338 e. The van der Waals surface area contributed by atoms with Crippen molar-refractivity contribution in [3.05, 3.63) is 144 Å². The molecule has 4 N–H and O–H groups in total. The first-order chi connectivity index (χ1) is 25.8. The minimum atomic E-state index is -1.79. The number of hydrogen-bond donors (Lipinski definition) is 4. The van der Waals surface area contributed by atoms with E-state index in [4.69, 9.17) is 33.2 Å². The quantitative estimate of drug-likeness (QED) is 0.139. The van der Waals surface area contributed by atoms with Crippen LogP contribution in [0.4, 0.5) is 0 Å². The number of benzene rings is 4. The van der Waals surface area contributed by atoms with E-state index in [1.165, 1.54) is 24.3 Å². The molecule has 0 aliphatic carbocycles. The Morgan fingerprint density at radius 1 is 0.509 bits per heavy atom.